The second kappa shape index (κ2) is 10.1. The number of aromatic nitrogens is 2. The summed E-state index contributed by atoms with van der Waals surface area (Å²) in [5.74, 6) is 1.71. The normalized spacial score (nSPS) is 15.8. The van der Waals surface area contributed by atoms with Crippen molar-refractivity contribution in [3.8, 4) is 17.1 Å². The van der Waals surface area contributed by atoms with Crippen LogP contribution in [0.4, 0.5) is 0 Å². The zero-order chi connectivity index (χ0) is 24.2. The quantitative estimate of drug-likeness (QED) is 0.342. The number of allylic oxidation sites excluding steroid dienone is 1. The van der Waals surface area contributed by atoms with Gasteiger partial charge in [0.1, 0.15) is 5.75 Å². The van der Waals surface area contributed by atoms with Gasteiger partial charge < -0.3 is 19.5 Å². The zero-order valence-electron chi connectivity index (χ0n) is 19.6. The summed E-state index contributed by atoms with van der Waals surface area (Å²) in [6.07, 6.45) is 0.863. The number of hydrogen-bond acceptors (Lipinski definition) is 5. The Balaban J connectivity index is 1.53. The molecule has 5 rings (SSSR count). The fourth-order valence-corrected chi connectivity index (χ4v) is 4.67. The van der Waals surface area contributed by atoms with Crippen molar-refractivity contribution in [2.24, 2.45) is 0 Å². The first-order chi connectivity index (χ1) is 17.1. The summed E-state index contributed by atoms with van der Waals surface area (Å²) in [5.41, 5.74) is 5.08. The molecule has 1 N–H and O–H groups in total. The van der Waals surface area contributed by atoms with Gasteiger partial charge >= 0.3 is 0 Å². The Morgan fingerprint density at radius 3 is 2.49 bits per heavy atom. The van der Waals surface area contributed by atoms with Crippen molar-refractivity contribution in [1.29, 1.82) is 0 Å². The number of thiocarbonyl (C=S) groups is 1. The summed E-state index contributed by atoms with van der Waals surface area (Å²) in [7, 11) is 1.64. The third-order valence-corrected chi connectivity index (χ3v) is 6.52. The van der Waals surface area contributed by atoms with Crippen LogP contribution in [-0.2, 0) is 6.42 Å². The lowest BCUT2D eigenvalue weighted by Crippen LogP contribution is -2.46. The molecule has 0 radical (unpaired) electrons. The van der Waals surface area contributed by atoms with Crippen molar-refractivity contribution >= 4 is 22.9 Å². The van der Waals surface area contributed by atoms with E-state index >= 15 is 0 Å². The molecular weight excluding hydrogens is 456 g/mol. The fourth-order valence-electron chi connectivity index (χ4n) is 4.32. The van der Waals surface area contributed by atoms with Crippen LogP contribution in [0.2, 0.25) is 0 Å². The summed E-state index contributed by atoms with van der Waals surface area (Å²) in [6.45, 7) is 2.81. The van der Waals surface area contributed by atoms with Crippen LogP contribution in [0.1, 0.15) is 30.0 Å². The number of nitrogens with one attached hydrogen (secondary N) is 1. The smallest absolute Gasteiger partial charge is 0.258 e. The number of benzene rings is 3. The predicted octanol–water partition coefficient (Wildman–Crippen LogP) is 5.65. The average molecular weight is 483 g/mol. The van der Waals surface area contributed by atoms with E-state index in [-0.39, 0.29) is 6.04 Å². The van der Waals surface area contributed by atoms with Crippen LogP contribution in [0.5, 0.6) is 5.75 Å². The Labute approximate surface area is 210 Å². The van der Waals surface area contributed by atoms with Gasteiger partial charge in [-0.1, -0.05) is 78.0 Å². The molecule has 0 amide bonds. The number of rotatable bonds is 7. The lowest BCUT2D eigenvalue weighted by atomic mass is 9.94. The van der Waals surface area contributed by atoms with Crippen LogP contribution < -0.4 is 10.1 Å². The van der Waals surface area contributed by atoms with E-state index in [2.05, 4.69) is 58.7 Å². The molecule has 1 aliphatic heterocycles. The lowest BCUT2D eigenvalue weighted by molar-refractivity contribution is 0.397. The number of nitrogens with zero attached hydrogens (tertiary/aromatic N) is 3. The summed E-state index contributed by atoms with van der Waals surface area (Å²) >= 11 is 5.81. The molecule has 0 aliphatic carbocycles. The molecule has 0 spiro atoms. The van der Waals surface area contributed by atoms with Gasteiger partial charge in [0.2, 0.25) is 5.82 Å². The largest absolute Gasteiger partial charge is 0.497 e. The Hall–Kier alpha value is -3.97. The molecular formula is C28H26N4O2S. The third kappa shape index (κ3) is 4.81. The van der Waals surface area contributed by atoms with Gasteiger partial charge in [-0.05, 0) is 48.8 Å². The minimum Gasteiger partial charge on any atom is -0.497 e. The highest BCUT2D eigenvalue weighted by Gasteiger charge is 2.33. The van der Waals surface area contributed by atoms with Gasteiger partial charge in [0.25, 0.3) is 5.89 Å². The molecule has 7 heteroatoms. The SMILES string of the molecule is COc1cccc(-c2noc(C3=C(C)N(CCc4ccccc4)C(=S)NC3c3ccccc3)n2)c1. The Bertz CT molecular complexity index is 1350. The molecule has 1 unspecified atom stereocenters. The van der Waals surface area contributed by atoms with E-state index < -0.39 is 0 Å². The summed E-state index contributed by atoms with van der Waals surface area (Å²) in [4.78, 5) is 6.90. The maximum atomic E-state index is 5.83. The molecule has 0 fully saturated rings. The Morgan fingerprint density at radius 1 is 1.00 bits per heavy atom. The lowest BCUT2D eigenvalue weighted by Gasteiger charge is -2.37. The second-order valence-corrected chi connectivity index (χ2v) is 8.72. The van der Waals surface area contributed by atoms with Crippen LogP contribution in [0, 0.1) is 0 Å². The molecule has 0 saturated carbocycles. The maximum Gasteiger partial charge on any atom is 0.258 e. The molecule has 3 aromatic carbocycles. The molecule has 4 aromatic rings. The van der Waals surface area contributed by atoms with Gasteiger partial charge in [-0.3, -0.25) is 0 Å². The molecule has 2 heterocycles. The van der Waals surface area contributed by atoms with Crippen molar-refractivity contribution in [2.45, 2.75) is 19.4 Å². The minimum atomic E-state index is -0.199. The highest BCUT2D eigenvalue weighted by atomic mass is 32.1. The molecule has 35 heavy (non-hydrogen) atoms. The second-order valence-electron chi connectivity index (χ2n) is 8.33. The van der Waals surface area contributed by atoms with Gasteiger partial charge in [0.15, 0.2) is 5.11 Å². The predicted molar refractivity (Wildman–Crippen MR) is 141 cm³/mol. The molecule has 6 nitrogen and oxygen atoms in total. The van der Waals surface area contributed by atoms with E-state index in [0.717, 1.165) is 41.1 Å². The van der Waals surface area contributed by atoms with Gasteiger partial charge in [0, 0.05) is 17.8 Å². The first-order valence-electron chi connectivity index (χ1n) is 11.5. The van der Waals surface area contributed by atoms with Crippen molar-refractivity contribution in [2.75, 3.05) is 13.7 Å². The standard InChI is InChI=1S/C28H26N4O2S/c1-19-24(27-30-26(31-34-27)22-14-9-15-23(18-22)33-2)25(21-12-7-4-8-13-21)29-28(35)32(19)17-16-20-10-5-3-6-11-20/h3-15,18,25H,16-17H2,1-2H3,(H,29,35). The van der Waals surface area contributed by atoms with Crippen molar-refractivity contribution in [3.63, 3.8) is 0 Å². The minimum absolute atomic E-state index is 0.199. The number of methoxy groups -OCH3 is 1. The van der Waals surface area contributed by atoms with Gasteiger partial charge in [-0.2, -0.15) is 4.98 Å². The number of ether oxygens (including phenoxy) is 1. The molecule has 0 bridgehead atoms. The molecule has 176 valence electrons. The summed E-state index contributed by atoms with van der Waals surface area (Å²) < 4.78 is 11.2. The van der Waals surface area contributed by atoms with E-state index in [1.165, 1.54) is 5.56 Å². The molecule has 1 atom stereocenters. The van der Waals surface area contributed by atoms with Crippen LogP contribution >= 0.6 is 12.2 Å². The van der Waals surface area contributed by atoms with Gasteiger partial charge in [-0.15, -0.1) is 0 Å². The van der Waals surface area contributed by atoms with E-state index in [0.29, 0.717) is 16.8 Å². The van der Waals surface area contributed by atoms with E-state index in [4.69, 9.17) is 26.5 Å². The third-order valence-electron chi connectivity index (χ3n) is 6.18. The van der Waals surface area contributed by atoms with Crippen molar-refractivity contribution in [1.82, 2.24) is 20.4 Å². The molecule has 0 saturated heterocycles. The first kappa shape index (κ1) is 22.8. The van der Waals surface area contributed by atoms with Gasteiger partial charge in [0.05, 0.1) is 18.7 Å². The fraction of sp³-hybridized carbons (Fsp3) is 0.179. The summed E-state index contributed by atoms with van der Waals surface area (Å²) in [6, 6.07) is 28.0. The van der Waals surface area contributed by atoms with Gasteiger partial charge in [-0.25, -0.2) is 0 Å². The highest BCUT2D eigenvalue weighted by molar-refractivity contribution is 7.80. The van der Waals surface area contributed by atoms with Crippen LogP contribution in [0.15, 0.2) is 95.1 Å². The average Bonchev–Trinajstić information content (AvgIpc) is 3.39. The van der Waals surface area contributed by atoms with E-state index in [9.17, 15) is 0 Å². The molecule has 1 aliphatic rings. The monoisotopic (exact) mass is 482 g/mol. The van der Waals surface area contributed by atoms with Crippen molar-refractivity contribution in [3.05, 3.63) is 108 Å². The summed E-state index contributed by atoms with van der Waals surface area (Å²) in [5, 5.41) is 8.48. The maximum absolute atomic E-state index is 5.83. The van der Waals surface area contributed by atoms with Crippen LogP contribution in [0.3, 0.4) is 0 Å². The highest BCUT2D eigenvalue weighted by Crippen LogP contribution is 2.37. The Morgan fingerprint density at radius 2 is 1.74 bits per heavy atom. The van der Waals surface area contributed by atoms with E-state index in [1.807, 2.05) is 48.5 Å². The Kier molecular flexibility index (Phi) is 6.59. The van der Waals surface area contributed by atoms with Crippen molar-refractivity contribution < 1.29 is 9.26 Å². The van der Waals surface area contributed by atoms with Crippen LogP contribution in [-0.4, -0.2) is 33.8 Å². The van der Waals surface area contributed by atoms with E-state index in [1.54, 1.807) is 7.11 Å². The van der Waals surface area contributed by atoms with Crippen LogP contribution in [0.25, 0.3) is 17.0 Å². The zero-order valence-corrected chi connectivity index (χ0v) is 20.5. The topological polar surface area (TPSA) is 63.4 Å². The number of hydrogen-bond donors (Lipinski definition) is 1. The first-order valence-corrected chi connectivity index (χ1v) is 11.9. The molecule has 1 aromatic heterocycles.